The van der Waals surface area contributed by atoms with Crippen molar-refractivity contribution in [1.29, 1.82) is 0 Å². The van der Waals surface area contributed by atoms with Crippen molar-refractivity contribution >= 4 is 15.7 Å². The number of aromatic nitrogens is 2. The van der Waals surface area contributed by atoms with Crippen molar-refractivity contribution in [3.63, 3.8) is 0 Å². The van der Waals surface area contributed by atoms with E-state index >= 15 is 0 Å². The quantitative estimate of drug-likeness (QED) is 0.837. The second kappa shape index (κ2) is 6.18. The lowest BCUT2D eigenvalue weighted by Gasteiger charge is -2.13. The van der Waals surface area contributed by atoms with Crippen LogP contribution in [0.15, 0.2) is 6.07 Å². The monoisotopic (exact) mass is 287 g/mol. The molecule has 0 bridgehead atoms. The molecule has 0 fully saturated rings. The number of hydrogen-bond donors (Lipinski definition) is 1. The Balaban J connectivity index is 2.74. The molecule has 1 aromatic heterocycles. The summed E-state index contributed by atoms with van der Waals surface area (Å²) < 4.78 is 24.6. The van der Waals surface area contributed by atoms with Gasteiger partial charge in [0.05, 0.1) is 11.4 Å². The van der Waals surface area contributed by atoms with Gasteiger partial charge in [-0.3, -0.25) is 9.48 Å². The predicted octanol–water partition coefficient (Wildman–Crippen LogP) is 0.764. The molecule has 1 N–H and O–H groups in total. The first-order valence-electron chi connectivity index (χ1n) is 6.34. The molecule has 0 radical (unpaired) electrons. The third kappa shape index (κ3) is 4.34. The van der Waals surface area contributed by atoms with Gasteiger partial charge in [-0.05, 0) is 26.8 Å². The lowest BCUT2D eigenvalue weighted by Crippen LogP contribution is -2.38. The van der Waals surface area contributed by atoms with Gasteiger partial charge in [0.2, 0.25) is 0 Å². The van der Waals surface area contributed by atoms with Crippen LogP contribution in [0.3, 0.4) is 0 Å². The normalized spacial score (nSPS) is 13.3. The van der Waals surface area contributed by atoms with E-state index in [2.05, 4.69) is 10.4 Å². The van der Waals surface area contributed by atoms with Crippen molar-refractivity contribution in [1.82, 2.24) is 15.1 Å². The topological polar surface area (TPSA) is 81.1 Å². The molecule has 1 heterocycles. The molecule has 0 spiro atoms. The lowest BCUT2D eigenvalue weighted by molar-refractivity contribution is 0.0933. The van der Waals surface area contributed by atoms with Crippen LogP contribution >= 0.6 is 0 Å². The van der Waals surface area contributed by atoms with Gasteiger partial charge in [0.1, 0.15) is 5.69 Å². The molecule has 0 aromatic carbocycles. The SMILES string of the molecule is CCn1nc(C)cc1C(=O)NC(C)CS(=O)(=O)CC. The van der Waals surface area contributed by atoms with Gasteiger partial charge >= 0.3 is 0 Å². The lowest BCUT2D eigenvalue weighted by atomic mass is 10.3. The van der Waals surface area contributed by atoms with Crippen molar-refractivity contribution in [2.75, 3.05) is 11.5 Å². The number of rotatable bonds is 6. The van der Waals surface area contributed by atoms with Gasteiger partial charge in [-0.25, -0.2) is 8.42 Å². The van der Waals surface area contributed by atoms with E-state index < -0.39 is 15.9 Å². The summed E-state index contributed by atoms with van der Waals surface area (Å²) in [5, 5.41) is 6.88. The maximum Gasteiger partial charge on any atom is 0.269 e. The molecular weight excluding hydrogens is 266 g/mol. The van der Waals surface area contributed by atoms with Gasteiger partial charge in [-0.2, -0.15) is 5.10 Å². The fourth-order valence-electron chi connectivity index (χ4n) is 1.81. The maximum atomic E-state index is 12.1. The van der Waals surface area contributed by atoms with E-state index in [4.69, 9.17) is 0 Å². The largest absolute Gasteiger partial charge is 0.347 e. The molecule has 0 aliphatic carbocycles. The van der Waals surface area contributed by atoms with Gasteiger partial charge < -0.3 is 5.32 Å². The van der Waals surface area contributed by atoms with Gasteiger partial charge in [-0.15, -0.1) is 0 Å². The fraction of sp³-hybridized carbons (Fsp3) is 0.667. The van der Waals surface area contributed by atoms with E-state index in [1.165, 1.54) is 0 Å². The van der Waals surface area contributed by atoms with Crippen LogP contribution < -0.4 is 5.32 Å². The minimum atomic E-state index is -3.09. The average Bonchev–Trinajstić information content (AvgIpc) is 2.69. The maximum absolute atomic E-state index is 12.1. The summed E-state index contributed by atoms with van der Waals surface area (Å²) in [5.41, 5.74) is 1.22. The zero-order chi connectivity index (χ0) is 14.6. The highest BCUT2D eigenvalue weighted by atomic mass is 32.2. The standard InChI is InChI=1S/C12H21N3O3S/c1-5-15-11(7-9(3)14-15)12(16)13-10(4)8-19(17,18)6-2/h7,10H,5-6,8H2,1-4H3,(H,13,16). The molecule has 108 valence electrons. The molecule has 1 amide bonds. The fourth-order valence-corrected chi connectivity index (χ4v) is 2.89. The number of amides is 1. The first-order valence-corrected chi connectivity index (χ1v) is 8.17. The molecule has 19 heavy (non-hydrogen) atoms. The molecule has 6 nitrogen and oxygen atoms in total. The minimum Gasteiger partial charge on any atom is -0.347 e. The number of hydrogen-bond acceptors (Lipinski definition) is 4. The number of nitrogens with zero attached hydrogens (tertiary/aromatic N) is 2. The van der Waals surface area contributed by atoms with Crippen LogP contribution in [0.5, 0.6) is 0 Å². The Morgan fingerprint density at radius 3 is 2.63 bits per heavy atom. The van der Waals surface area contributed by atoms with Gasteiger partial charge in [0, 0.05) is 18.3 Å². The Morgan fingerprint density at radius 1 is 1.47 bits per heavy atom. The first kappa shape index (κ1) is 15.7. The van der Waals surface area contributed by atoms with Gasteiger partial charge in [0.25, 0.3) is 5.91 Å². The van der Waals surface area contributed by atoms with Crippen molar-refractivity contribution in [3.05, 3.63) is 17.5 Å². The third-order valence-electron chi connectivity index (χ3n) is 2.76. The summed E-state index contributed by atoms with van der Waals surface area (Å²) in [4.78, 5) is 12.1. The third-order valence-corrected chi connectivity index (χ3v) is 4.64. The van der Waals surface area contributed by atoms with E-state index in [0.717, 1.165) is 5.69 Å². The second-order valence-corrected chi connectivity index (χ2v) is 6.96. The summed E-state index contributed by atoms with van der Waals surface area (Å²) in [6.07, 6.45) is 0. The first-order chi connectivity index (χ1) is 8.79. The van der Waals surface area contributed by atoms with Crippen molar-refractivity contribution in [2.24, 2.45) is 0 Å². The Hall–Kier alpha value is -1.37. The van der Waals surface area contributed by atoms with Gasteiger partial charge in [-0.1, -0.05) is 6.92 Å². The van der Waals surface area contributed by atoms with Crippen LogP contribution in [-0.4, -0.2) is 41.7 Å². The molecule has 1 aromatic rings. The molecule has 1 rings (SSSR count). The highest BCUT2D eigenvalue weighted by Crippen LogP contribution is 2.04. The highest BCUT2D eigenvalue weighted by molar-refractivity contribution is 7.91. The van der Waals surface area contributed by atoms with E-state index in [-0.39, 0.29) is 17.4 Å². The van der Waals surface area contributed by atoms with E-state index in [1.807, 2.05) is 13.8 Å². The van der Waals surface area contributed by atoms with E-state index in [0.29, 0.717) is 12.2 Å². The van der Waals surface area contributed by atoms with Crippen molar-refractivity contribution < 1.29 is 13.2 Å². The smallest absolute Gasteiger partial charge is 0.269 e. The van der Waals surface area contributed by atoms with Crippen LogP contribution in [0, 0.1) is 6.92 Å². The Kier molecular flexibility index (Phi) is 5.11. The predicted molar refractivity (Wildman–Crippen MR) is 73.9 cm³/mol. The average molecular weight is 287 g/mol. The summed E-state index contributed by atoms with van der Waals surface area (Å²) >= 11 is 0. The van der Waals surface area contributed by atoms with Crippen LogP contribution in [0.1, 0.15) is 37.0 Å². The zero-order valence-corrected chi connectivity index (χ0v) is 12.6. The summed E-state index contributed by atoms with van der Waals surface area (Å²) in [7, 11) is -3.09. The molecule has 1 atom stereocenters. The Bertz CT molecular complexity index is 549. The molecule has 0 aliphatic heterocycles. The zero-order valence-electron chi connectivity index (χ0n) is 11.8. The summed E-state index contributed by atoms with van der Waals surface area (Å²) in [6.45, 7) is 7.59. The van der Waals surface area contributed by atoms with E-state index in [1.54, 1.807) is 24.6 Å². The Morgan fingerprint density at radius 2 is 2.11 bits per heavy atom. The highest BCUT2D eigenvalue weighted by Gasteiger charge is 2.19. The number of nitrogens with one attached hydrogen (secondary N) is 1. The number of sulfone groups is 1. The molecule has 0 aliphatic rings. The van der Waals surface area contributed by atoms with Crippen molar-refractivity contribution in [3.8, 4) is 0 Å². The number of carbonyl (C=O) groups excluding carboxylic acids is 1. The molecular formula is C12H21N3O3S. The molecule has 0 saturated heterocycles. The number of aryl methyl sites for hydroxylation is 2. The van der Waals surface area contributed by atoms with E-state index in [9.17, 15) is 13.2 Å². The van der Waals surface area contributed by atoms with Crippen molar-refractivity contribution in [2.45, 2.75) is 40.3 Å². The van der Waals surface area contributed by atoms with Crippen LogP contribution in [0.4, 0.5) is 0 Å². The minimum absolute atomic E-state index is 0.0471. The second-order valence-electron chi connectivity index (χ2n) is 4.56. The van der Waals surface area contributed by atoms with Gasteiger partial charge in [0.15, 0.2) is 9.84 Å². The summed E-state index contributed by atoms with van der Waals surface area (Å²) in [6, 6.07) is 1.28. The summed E-state index contributed by atoms with van der Waals surface area (Å²) in [5.74, 6) is -0.255. The number of carbonyl (C=O) groups is 1. The van der Waals surface area contributed by atoms with Crippen LogP contribution in [-0.2, 0) is 16.4 Å². The molecule has 0 saturated carbocycles. The molecule has 1 unspecified atom stereocenters. The Labute approximate surface area is 114 Å². The molecule has 7 heteroatoms. The van der Waals surface area contributed by atoms with Crippen LogP contribution in [0.2, 0.25) is 0 Å². The van der Waals surface area contributed by atoms with Crippen LogP contribution in [0.25, 0.3) is 0 Å².